The van der Waals surface area contributed by atoms with E-state index < -0.39 is 0 Å². The Kier molecular flexibility index (Phi) is 7.03. The van der Waals surface area contributed by atoms with Gasteiger partial charge in [0.05, 0.1) is 13.4 Å². The van der Waals surface area contributed by atoms with Gasteiger partial charge in [0, 0.05) is 24.4 Å². The lowest BCUT2D eigenvalue weighted by Crippen LogP contribution is -2.37. The second-order valence-electron chi connectivity index (χ2n) is 5.81. The second kappa shape index (κ2) is 9.48. The highest BCUT2D eigenvalue weighted by atomic mass is 16.5. The third kappa shape index (κ3) is 5.65. The van der Waals surface area contributed by atoms with Crippen LogP contribution in [0.3, 0.4) is 0 Å². The number of nitrogens with zero attached hydrogens (tertiary/aromatic N) is 2. The fourth-order valence-electron chi connectivity index (χ4n) is 2.58. The van der Waals surface area contributed by atoms with Crippen LogP contribution in [0.2, 0.25) is 0 Å². The summed E-state index contributed by atoms with van der Waals surface area (Å²) in [6, 6.07) is 5.82. The first-order chi connectivity index (χ1) is 12.1. The summed E-state index contributed by atoms with van der Waals surface area (Å²) in [5.41, 5.74) is 3.68. The molecule has 1 aromatic heterocycles. The molecule has 0 atom stereocenters. The van der Waals surface area contributed by atoms with Crippen LogP contribution in [-0.2, 0) is 9.53 Å². The van der Waals surface area contributed by atoms with Crippen molar-refractivity contribution < 1.29 is 9.53 Å². The van der Waals surface area contributed by atoms with E-state index in [1.54, 1.807) is 13.2 Å². The molecule has 0 saturated carbocycles. The Morgan fingerprint density at radius 2 is 2.08 bits per heavy atom. The van der Waals surface area contributed by atoms with Gasteiger partial charge in [-0.15, -0.1) is 0 Å². The van der Waals surface area contributed by atoms with E-state index >= 15 is 0 Å². The van der Waals surface area contributed by atoms with Gasteiger partial charge in [0.15, 0.2) is 0 Å². The lowest BCUT2D eigenvalue weighted by Gasteiger charge is -2.28. The molecule has 0 unspecified atom stereocenters. The van der Waals surface area contributed by atoms with E-state index in [-0.39, 0.29) is 5.91 Å². The molecule has 1 aliphatic heterocycles. The molecular weight excluding hydrogens is 312 g/mol. The van der Waals surface area contributed by atoms with Crippen LogP contribution < -0.4 is 0 Å². The zero-order valence-electron chi connectivity index (χ0n) is 15.1. The molecule has 2 heterocycles. The van der Waals surface area contributed by atoms with Crippen molar-refractivity contribution in [1.29, 1.82) is 0 Å². The van der Waals surface area contributed by atoms with Gasteiger partial charge in [0.1, 0.15) is 5.69 Å². The number of allylic oxidation sites excluding steroid dienone is 2. The Morgan fingerprint density at radius 3 is 2.72 bits per heavy atom. The highest BCUT2D eigenvalue weighted by Gasteiger charge is 2.20. The number of carbonyl (C=O) groups excluding carboxylic acids is 1. The largest absolute Gasteiger partial charge is 0.504 e. The number of methoxy groups -OCH3 is 1. The standard InChI is InChI=1S/C21H24N2O2/c1-4-19(13-16-25-3)21(24)23-14-11-18(12-15-23)8-6-10-20-9-5-7-17(2)22-20/h4-5,7-9,13,16H,11-12,14-15H2,1-3H3/b16-13?,19-4+. The minimum absolute atomic E-state index is 0.0462. The fraction of sp³-hybridized carbons (Fsp3) is 0.333. The molecule has 0 aromatic carbocycles. The number of carbonyl (C=O) groups is 1. The fourth-order valence-corrected chi connectivity index (χ4v) is 2.58. The number of pyridine rings is 1. The van der Waals surface area contributed by atoms with Crippen LogP contribution in [0, 0.1) is 18.8 Å². The van der Waals surface area contributed by atoms with Gasteiger partial charge in [0.2, 0.25) is 0 Å². The molecule has 130 valence electrons. The molecule has 0 radical (unpaired) electrons. The van der Waals surface area contributed by atoms with Crippen molar-refractivity contribution >= 4 is 5.91 Å². The summed E-state index contributed by atoms with van der Waals surface area (Å²) >= 11 is 0. The summed E-state index contributed by atoms with van der Waals surface area (Å²) in [7, 11) is 1.57. The number of likely N-dealkylation sites (tertiary alicyclic amines) is 1. The van der Waals surface area contributed by atoms with Crippen LogP contribution in [-0.4, -0.2) is 36.0 Å². The molecule has 0 bridgehead atoms. The van der Waals surface area contributed by atoms with E-state index in [0.29, 0.717) is 18.7 Å². The highest BCUT2D eigenvalue weighted by molar-refractivity contribution is 5.96. The topological polar surface area (TPSA) is 42.4 Å². The highest BCUT2D eigenvalue weighted by Crippen LogP contribution is 2.18. The Bertz CT molecular complexity index is 754. The number of ether oxygens (including phenoxy) is 1. The molecule has 0 N–H and O–H groups in total. The van der Waals surface area contributed by atoms with Gasteiger partial charge in [-0.1, -0.05) is 23.6 Å². The van der Waals surface area contributed by atoms with Gasteiger partial charge in [-0.05, 0) is 56.9 Å². The van der Waals surface area contributed by atoms with Crippen LogP contribution in [0.25, 0.3) is 0 Å². The number of piperidine rings is 1. The van der Waals surface area contributed by atoms with Crippen LogP contribution in [0.1, 0.15) is 31.2 Å². The smallest absolute Gasteiger partial charge is 0.253 e. The van der Waals surface area contributed by atoms with Gasteiger partial charge < -0.3 is 9.64 Å². The van der Waals surface area contributed by atoms with Crippen molar-refractivity contribution in [3.05, 3.63) is 65.2 Å². The number of hydrogen-bond acceptors (Lipinski definition) is 3. The molecular formula is C21H24N2O2. The van der Waals surface area contributed by atoms with E-state index in [4.69, 9.17) is 4.74 Å². The first-order valence-corrected chi connectivity index (χ1v) is 8.42. The number of amides is 1. The van der Waals surface area contributed by atoms with Gasteiger partial charge in [-0.3, -0.25) is 4.79 Å². The average molecular weight is 336 g/mol. The Balaban J connectivity index is 1.93. The van der Waals surface area contributed by atoms with Crippen molar-refractivity contribution in [3.8, 4) is 11.8 Å². The molecule has 1 saturated heterocycles. The summed E-state index contributed by atoms with van der Waals surface area (Å²) in [6.45, 7) is 5.25. The Labute approximate surface area is 149 Å². The second-order valence-corrected chi connectivity index (χ2v) is 5.81. The normalized spacial score (nSPS) is 14.9. The van der Waals surface area contributed by atoms with Crippen LogP contribution in [0.5, 0.6) is 0 Å². The maximum Gasteiger partial charge on any atom is 0.253 e. The van der Waals surface area contributed by atoms with E-state index in [1.165, 1.54) is 11.8 Å². The first-order valence-electron chi connectivity index (χ1n) is 8.42. The zero-order valence-corrected chi connectivity index (χ0v) is 15.1. The third-order valence-electron chi connectivity index (χ3n) is 4.00. The maximum atomic E-state index is 12.5. The third-order valence-corrected chi connectivity index (χ3v) is 4.00. The van der Waals surface area contributed by atoms with Crippen molar-refractivity contribution in [2.75, 3.05) is 20.2 Å². The molecule has 2 rings (SSSR count). The van der Waals surface area contributed by atoms with Crippen LogP contribution in [0.15, 0.2) is 53.8 Å². The number of aromatic nitrogens is 1. The van der Waals surface area contributed by atoms with Crippen molar-refractivity contribution in [2.45, 2.75) is 26.7 Å². The van der Waals surface area contributed by atoms with Gasteiger partial charge in [-0.2, -0.15) is 0 Å². The molecule has 25 heavy (non-hydrogen) atoms. The first kappa shape index (κ1) is 18.5. The maximum absolute atomic E-state index is 12.5. The lowest BCUT2D eigenvalue weighted by atomic mass is 10.0. The molecule has 4 nitrogen and oxygen atoms in total. The zero-order chi connectivity index (χ0) is 18.1. The number of rotatable bonds is 3. The predicted octanol–water partition coefficient (Wildman–Crippen LogP) is 3.40. The van der Waals surface area contributed by atoms with E-state index in [0.717, 1.165) is 24.2 Å². The number of hydrogen-bond donors (Lipinski definition) is 0. The monoisotopic (exact) mass is 336 g/mol. The van der Waals surface area contributed by atoms with E-state index in [9.17, 15) is 4.79 Å². The molecule has 1 aliphatic rings. The number of aryl methyl sites for hydroxylation is 1. The summed E-state index contributed by atoms with van der Waals surface area (Å²) < 4.78 is 4.90. The average Bonchev–Trinajstić information content (AvgIpc) is 2.63. The van der Waals surface area contributed by atoms with Gasteiger partial charge in [0.25, 0.3) is 5.91 Å². The van der Waals surface area contributed by atoms with Crippen molar-refractivity contribution in [3.63, 3.8) is 0 Å². The minimum Gasteiger partial charge on any atom is -0.504 e. The molecule has 0 spiro atoms. The van der Waals surface area contributed by atoms with Crippen LogP contribution >= 0.6 is 0 Å². The van der Waals surface area contributed by atoms with E-state index in [1.807, 2.05) is 49.1 Å². The summed E-state index contributed by atoms with van der Waals surface area (Å²) in [5, 5.41) is 0. The molecule has 0 aliphatic carbocycles. The summed E-state index contributed by atoms with van der Waals surface area (Å²) in [6.07, 6.45) is 8.71. The Morgan fingerprint density at radius 1 is 1.32 bits per heavy atom. The van der Waals surface area contributed by atoms with Crippen molar-refractivity contribution in [2.24, 2.45) is 0 Å². The summed E-state index contributed by atoms with van der Waals surface area (Å²) in [4.78, 5) is 18.7. The predicted molar refractivity (Wildman–Crippen MR) is 99.7 cm³/mol. The van der Waals surface area contributed by atoms with Gasteiger partial charge in [-0.25, -0.2) is 4.98 Å². The molecule has 4 heteroatoms. The van der Waals surface area contributed by atoms with E-state index in [2.05, 4.69) is 16.8 Å². The minimum atomic E-state index is 0.0462. The summed E-state index contributed by atoms with van der Waals surface area (Å²) in [5.74, 6) is 6.20. The molecule has 1 amide bonds. The quantitative estimate of drug-likeness (QED) is 0.368. The molecule has 1 aromatic rings. The SMILES string of the molecule is C/C=C(\C=COC)C(=O)N1CCC(=CC#Cc2cccc(C)n2)CC1. The Hall–Kier alpha value is -2.80. The lowest BCUT2D eigenvalue weighted by molar-refractivity contribution is -0.127. The molecule has 1 fully saturated rings. The van der Waals surface area contributed by atoms with Crippen molar-refractivity contribution in [1.82, 2.24) is 9.88 Å². The van der Waals surface area contributed by atoms with Gasteiger partial charge >= 0.3 is 0 Å². The van der Waals surface area contributed by atoms with Crippen LogP contribution in [0.4, 0.5) is 0 Å².